The minimum Gasteiger partial charge on any atom is -0.456 e. The lowest BCUT2D eigenvalue weighted by atomic mass is 10.0. The van der Waals surface area contributed by atoms with E-state index in [0.29, 0.717) is 17.5 Å². The van der Waals surface area contributed by atoms with Crippen molar-refractivity contribution < 1.29 is 13.3 Å². The Morgan fingerprint density at radius 3 is 1.65 bits per heavy atom. The molecule has 4 heterocycles. The second-order valence-electron chi connectivity index (χ2n) is 12.8. The summed E-state index contributed by atoms with van der Waals surface area (Å²) < 4.78 is 18.8. The predicted molar refractivity (Wildman–Crippen MR) is 203 cm³/mol. The van der Waals surface area contributed by atoms with E-state index < -0.39 is 0 Å². The molecule has 11 rings (SSSR count). The van der Waals surface area contributed by atoms with E-state index in [9.17, 15) is 0 Å². The fraction of sp³-hybridized carbons (Fsp3) is 0. The molecular weight excluding hydrogens is 631 g/mol. The lowest BCUT2D eigenvalue weighted by Crippen LogP contribution is -2.00. The SMILES string of the molecule is c1ccc(-c2nc(-c3ccc4c(c3)oc3ccc(-c5ccc6c(c5)oc5ccccc56)cc34)nc(-c3cccc4oc5ccccc5c34)n2)cc1. The van der Waals surface area contributed by atoms with Gasteiger partial charge in [-0.15, -0.1) is 0 Å². The molecule has 6 heteroatoms. The monoisotopic (exact) mass is 655 g/mol. The molecule has 0 amide bonds. The Balaban J connectivity index is 1.05. The summed E-state index contributed by atoms with van der Waals surface area (Å²) in [4.78, 5) is 15.1. The Kier molecular flexibility index (Phi) is 5.86. The van der Waals surface area contributed by atoms with Gasteiger partial charge in [0.15, 0.2) is 17.5 Å². The normalized spacial score (nSPS) is 11.9. The highest BCUT2D eigenvalue weighted by Crippen LogP contribution is 2.39. The summed E-state index contributed by atoms with van der Waals surface area (Å²) in [6, 6.07) is 51.1. The second kappa shape index (κ2) is 10.7. The van der Waals surface area contributed by atoms with Crippen molar-refractivity contribution >= 4 is 65.8 Å². The van der Waals surface area contributed by atoms with Crippen molar-refractivity contribution in [1.82, 2.24) is 15.0 Å². The first kappa shape index (κ1) is 27.9. The van der Waals surface area contributed by atoms with Gasteiger partial charge in [0.25, 0.3) is 0 Å². The molecule has 0 aliphatic rings. The predicted octanol–water partition coefficient (Wildman–Crippen LogP) is 12.2. The molecular formula is C45H25N3O3. The van der Waals surface area contributed by atoms with Crippen LogP contribution in [0.15, 0.2) is 165 Å². The highest BCUT2D eigenvalue weighted by atomic mass is 16.3. The van der Waals surface area contributed by atoms with E-state index in [1.165, 1.54) is 0 Å². The standard InChI is InChI=1S/C45H25N3O3/c1-2-9-26(10-3-1)43-46-44(48-45(47-43)34-13-8-16-39-42(34)33-12-5-7-15-37(33)49-39)29-18-21-32-35-23-27(19-22-38(35)51-41(32)25-29)28-17-20-31-30-11-4-6-14-36(30)50-40(31)24-28/h1-25H. The lowest BCUT2D eigenvalue weighted by Gasteiger charge is -2.09. The number of para-hydroxylation sites is 2. The van der Waals surface area contributed by atoms with Crippen LogP contribution in [-0.2, 0) is 0 Å². The molecule has 0 aliphatic heterocycles. The van der Waals surface area contributed by atoms with Crippen LogP contribution in [0.5, 0.6) is 0 Å². The van der Waals surface area contributed by atoms with Gasteiger partial charge in [-0.25, -0.2) is 15.0 Å². The Bertz CT molecular complexity index is 3150. The molecule has 6 nitrogen and oxygen atoms in total. The van der Waals surface area contributed by atoms with E-state index in [4.69, 9.17) is 28.2 Å². The topological polar surface area (TPSA) is 78.1 Å². The van der Waals surface area contributed by atoms with Crippen LogP contribution in [0, 0.1) is 0 Å². The maximum atomic E-state index is 6.44. The largest absolute Gasteiger partial charge is 0.456 e. The molecule has 0 spiro atoms. The molecule has 51 heavy (non-hydrogen) atoms. The number of rotatable bonds is 4. The molecule has 0 aliphatic carbocycles. The zero-order valence-electron chi connectivity index (χ0n) is 27.0. The van der Waals surface area contributed by atoms with Gasteiger partial charge in [0.1, 0.15) is 33.5 Å². The van der Waals surface area contributed by atoms with Gasteiger partial charge in [0, 0.05) is 49.0 Å². The van der Waals surface area contributed by atoms with Crippen LogP contribution in [0.25, 0.3) is 111 Å². The van der Waals surface area contributed by atoms with Crippen molar-refractivity contribution in [3.05, 3.63) is 152 Å². The summed E-state index contributed by atoms with van der Waals surface area (Å²) in [6.07, 6.45) is 0. The number of hydrogen-bond donors (Lipinski definition) is 0. The number of aromatic nitrogens is 3. The van der Waals surface area contributed by atoms with Crippen molar-refractivity contribution in [3.8, 4) is 45.3 Å². The number of nitrogens with zero attached hydrogens (tertiary/aromatic N) is 3. The van der Waals surface area contributed by atoms with E-state index in [0.717, 1.165) is 93.6 Å². The molecule has 11 aromatic rings. The van der Waals surface area contributed by atoms with Crippen LogP contribution in [0.1, 0.15) is 0 Å². The molecule has 0 N–H and O–H groups in total. The van der Waals surface area contributed by atoms with Crippen molar-refractivity contribution in [1.29, 1.82) is 0 Å². The lowest BCUT2D eigenvalue weighted by molar-refractivity contribution is 0.668. The maximum absolute atomic E-state index is 6.44. The summed E-state index contributed by atoms with van der Waals surface area (Å²) >= 11 is 0. The summed E-state index contributed by atoms with van der Waals surface area (Å²) in [6.45, 7) is 0. The van der Waals surface area contributed by atoms with E-state index >= 15 is 0 Å². The molecule has 238 valence electrons. The van der Waals surface area contributed by atoms with Crippen LogP contribution in [0.3, 0.4) is 0 Å². The first-order chi connectivity index (χ1) is 25.2. The molecule has 0 saturated carbocycles. The third-order valence-corrected chi connectivity index (χ3v) is 9.75. The second-order valence-corrected chi connectivity index (χ2v) is 12.8. The van der Waals surface area contributed by atoms with Crippen LogP contribution in [-0.4, -0.2) is 15.0 Å². The van der Waals surface area contributed by atoms with Crippen molar-refractivity contribution in [2.45, 2.75) is 0 Å². The van der Waals surface area contributed by atoms with Crippen LogP contribution < -0.4 is 0 Å². The fourth-order valence-electron chi connectivity index (χ4n) is 7.30. The first-order valence-electron chi connectivity index (χ1n) is 16.8. The van der Waals surface area contributed by atoms with Crippen molar-refractivity contribution in [2.24, 2.45) is 0 Å². The van der Waals surface area contributed by atoms with Crippen LogP contribution in [0.4, 0.5) is 0 Å². The quantitative estimate of drug-likeness (QED) is 0.188. The van der Waals surface area contributed by atoms with Gasteiger partial charge >= 0.3 is 0 Å². The summed E-state index contributed by atoms with van der Waals surface area (Å²) in [5, 5.41) is 6.30. The van der Waals surface area contributed by atoms with E-state index in [2.05, 4.69) is 54.6 Å². The van der Waals surface area contributed by atoms with Crippen LogP contribution in [0.2, 0.25) is 0 Å². The number of hydrogen-bond acceptors (Lipinski definition) is 6. The van der Waals surface area contributed by atoms with E-state index in [1.807, 2.05) is 97.1 Å². The van der Waals surface area contributed by atoms with E-state index in [1.54, 1.807) is 0 Å². The smallest absolute Gasteiger partial charge is 0.164 e. The average Bonchev–Trinajstić information content (AvgIpc) is 3.88. The van der Waals surface area contributed by atoms with Gasteiger partial charge in [0.2, 0.25) is 0 Å². The maximum Gasteiger partial charge on any atom is 0.164 e. The molecule has 7 aromatic carbocycles. The Labute approximate surface area is 290 Å². The fourth-order valence-corrected chi connectivity index (χ4v) is 7.30. The Morgan fingerprint density at radius 1 is 0.294 bits per heavy atom. The minimum absolute atomic E-state index is 0.561. The zero-order valence-corrected chi connectivity index (χ0v) is 27.0. The molecule has 0 atom stereocenters. The van der Waals surface area contributed by atoms with Gasteiger partial charge in [-0.05, 0) is 65.7 Å². The van der Waals surface area contributed by atoms with Gasteiger partial charge in [0.05, 0.1) is 0 Å². The minimum atomic E-state index is 0.561. The van der Waals surface area contributed by atoms with Crippen LogP contribution >= 0.6 is 0 Å². The number of benzene rings is 7. The molecule has 0 fully saturated rings. The zero-order chi connectivity index (χ0) is 33.5. The van der Waals surface area contributed by atoms with Gasteiger partial charge in [-0.3, -0.25) is 0 Å². The third-order valence-electron chi connectivity index (χ3n) is 9.75. The number of fused-ring (bicyclic) bond motifs is 9. The first-order valence-corrected chi connectivity index (χ1v) is 16.8. The summed E-state index contributed by atoms with van der Waals surface area (Å²) in [5.41, 5.74) is 9.76. The summed E-state index contributed by atoms with van der Waals surface area (Å²) in [7, 11) is 0. The molecule has 4 aromatic heterocycles. The molecule has 0 saturated heterocycles. The van der Waals surface area contributed by atoms with E-state index in [-0.39, 0.29) is 0 Å². The third kappa shape index (κ3) is 4.40. The highest BCUT2D eigenvalue weighted by Gasteiger charge is 2.19. The van der Waals surface area contributed by atoms with Crippen molar-refractivity contribution in [2.75, 3.05) is 0 Å². The Morgan fingerprint density at radius 2 is 0.824 bits per heavy atom. The summed E-state index contributed by atoms with van der Waals surface area (Å²) in [5.74, 6) is 1.73. The van der Waals surface area contributed by atoms with Crippen molar-refractivity contribution in [3.63, 3.8) is 0 Å². The van der Waals surface area contributed by atoms with Gasteiger partial charge < -0.3 is 13.3 Å². The average molecular weight is 656 g/mol. The molecule has 0 unspecified atom stereocenters. The van der Waals surface area contributed by atoms with Gasteiger partial charge in [-0.1, -0.05) is 97.1 Å². The van der Waals surface area contributed by atoms with Gasteiger partial charge in [-0.2, -0.15) is 0 Å². The number of furan rings is 3. The molecule has 0 bridgehead atoms. The molecule has 0 radical (unpaired) electrons. The Hall–Kier alpha value is -7.05. The highest BCUT2D eigenvalue weighted by molar-refractivity contribution is 6.12.